The van der Waals surface area contributed by atoms with Crippen LogP contribution in [0.15, 0.2) is 60.8 Å². The quantitative estimate of drug-likeness (QED) is 0.286. The molecule has 0 saturated heterocycles. The molecule has 0 aliphatic carbocycles. The van der Waals surface area contributed by atoms with Crippen LogP contribution in [-0.4, -0.2) is 11.6 Å². The molecule has 0 aliphatic rings. The van der Waals surface area contributed by atoms with E-state index in [4.69, 9.17) is 38.4 Å². The third-order valence-corrected chi connectivity index (χ3v) is 5.63. The summed E-state index contributed by atoms with van der Waals surface area (Å²) >= 11 is 12.7. The van der Waals surface area contributed by atoms with Gasteiger partial charge in [-0.25, -0.2) is 0 Å². The lowest BCUT2D eigenvalue weighted by Crippen LogP contribution is -2.01. The van der Waals surface area contributed by atoms with Gasteiger partial charge in [0, 0.05) is 33.9 Å². The van der Waals surface area contributed by atoms with Crippen LogP contribution in [0.2, 0.25) is 10.0 Å². The molecule has 4 rings (SSSR count). The Labute approximate surface area is 201 Å². The number of fused-ring (bicyclic) bond motifs is 1. The minimum absolute atomic E-state index is 0.293. The van der Waals surface area contributed by atoms with E-state index in [0.717, 1.165) is 5.56 Å². The standard InChI is InChI=1S/C25H20Cl2N4O2/c1-2-32-24-11-22-18(10-21(24)29)25(16(12-28)13-30-22)31-17-7-8-23(20(27)9-17)33-14-15-5-3-4-6-19(15)26/h3-11,13H,2,14,29H2,1H3,(H,30,31). The largest absolute Gasteiger partial charge is 0.492 e. The van der Waals surface area contributed by atoms with Crippen molar-refractivity contribution in [3.8, 4) is 17.6 Å². The highest BCUT2D eigenvalue weighted by atomic mass is 35.5. The molecule has 0 saturated carbocycles. The molecule has 8 heteroatoms. The monoisotopic (exact) mass is 478 g/mol. The predicted molar refractivity (Wildman–Crippen MR) is 133 cm³/mol. The van der Waals surface area contributed by atoms with Gasteiger partial charge >= 0.3 is 0 Å². The fourth-order valence-corrected chi connectivity index (χ4v) is 3.77. The maximum Gasteiger partial charge on any atom is 0.144 e. The van der Waals surface area contributed by atoms with Gasteiger partial charge in [0.25, 0.3) is 0 Å². The average molecular weight is 479 g/mol. The summed E-state index contributed by atoms with van der Waals surface area (Å²) in [5.41, 5.74) is 9.77. The molecule has 0 amide bonds. The topological polar surface area (TPSA) is 93.2 Å². The molecule has 0 aliphatic heterocycles. The molecule has 0 bridgehead atoms. The minimum atomic E-state index is 0.293. The van der Waals surface area contributed by atoms with Gasteiger partial charge in [-0.3, -0.25) is 4.98 Å². The van der Waals surface area contributed by atoms with Crippen molar-refractivity contribution in [3.63, 3.8) is 0 Å². The fourth-order valence-electron chi connectivity index (χ4n) is 3.35. The molecule has 0 unspecified atom stereocenters. The Balaban J connectivity index is 1.62. The van der Waals surface area contributed by atoms with E-state index in [1.54, 1.807) is 24.3 Å². The van der Waals surface area contributed by atoms with Crippen LogP contribution >= 0.6 is 23.2 Å². The van der Waals surface area contributed by atoms with Crippen LogP contribution in [0.25, 0.3) is 10.9 Å². The lowest BCUT2D eigenvalue weighted by molar-refractivity contribution is 0.306. The van der Waals surface area contributed by atoms with E-state index >= 15 is 0 Å². The highest BCUT2D eigenvalue weighted by Gasteiger charge is 2.14. The van der Waals surface area contributed by atoms with E-state index in [9.17, 15) is 5.26 Å². The second-order valence-corrected chi connectivity index (χ2v) is 7.96. The number of hydrogen-bond acceptors (Lipinski definition) is 6. The lowest BCUT2D eigenvalue weighted by Gasteiger charge is -2.15. The molecular formula is C25H20Cl2N4O2. The van der Waals surface area contributed by atoms with Gasteiger partial charge in [-0.15, -0.1) is 0 Å². The van der Waals surface area contributed by atoms with Crippen molar-refractivity contribution in [2.24, 2.45) is 0 Å². The molecule has 4 aromatic rings. The van der Waals surface area contributed by atoms with Crippen LogP contribution < -0.4 is 20.5 Å². The molecule has 0 radical (unpaired) electrons. The van der Waals surface area contributed by atoms with Crippen LogP contribution in [0.3, 0.4) is 0 Å². The van der Waals surface area contributed by atoms with Gasteiger partial charge < -0.3 is 20.5 Å². The number of halogens is 2. The number of nitrogens with zero attached hydrogens (tertiary/aromatic N) is 2. The van der Waals surface area contributed by atoms with Crippen LogP contribution in [0.5, 0.6) is 11.5 Å². The molecule has 33 heavy (non-hydrogen) atoms. The van der Waals surface area contributed by atoms with E-state index in [0.29, 0.717) is 68.3 Å². The van der Waals surface area contributed by atoms with Crippen molar-refractivity contribution in [3.05, 3.63) is 82.0 Å². The second-order valence-electron chi connectivity index (χ2n) is 7.15. The van der Waals surface area contributed by atoms with Crippen molar-refractivity contribution in [1.29, 1.82) is 5.26 Å². The molecule has 0 fully saturated rings. The Bertz CT molecular complexity index is 1370. The van der Waals surface area contributed by atoms with E-state index in [2.05, 4.69) is 16.4 Å². The number of nitriles is 1. The number of hydrogen-bond donors (Lipinski definition) is 2. The molecule has 3 aromatic carbocycles. The van der Waals surface area contributed by atoms with E-state index < -0.39 is 0 Å². The Hall–Kier alpha value is -3.66. The maximum absolute atomic E-state index is 9.62. The normalized spacial score (nSPS) is 10.6. The average Bonchev–Trinajstić information content (AvgIpc) is 2.81. The molecule has 1 aromatic heterocycles. The van der Waals surface area contributed by atoms with Gasteiger partial charge in [0.05, 0.1) is 34.1 Å². The van der Waals surface area contributed by atoms with Crippen LogP contribution in [0.1, 0.15) is 18.1 Å². The number of nitrogens with two attached hydrogens (primary N) is 1. The number of anilines is 3. The van der Waals surface area contributed by atoms with E-state index in [1.165, 1.54) is 6.20 Å². The molecule has 3 N–H and O–H groups in total. The summed E-state index contributed by atoms with van der Waals surface area (Å²) in [6.07, 6.45) is 1.51. The maximum atomic E-state index is 9.62. The third kappa shape index (κ3) is 4.90. The van der Waals surface area contributed by atoms with Crippen molar-refractivity contribution in [1.82, 2.24) is 4.98 Å². The summed E-state index contributed by atoms with van der Waals surface area (Å²) < 4.78 is 11.4. The van der Waals surface area contributed by atoms with E-state index in [1.807, 2.05) is 37.3 Å². The van der Waals surface area contributed by atoms with Gasteiger partial charge in [-0.2, -0.15) is 5.26 Å². The predicted octanol–water partition coefficient (Wildman–Crippen LogP) is 6.72. The first-order valence-corrected chi connectivity index (χ1v) is 10.9. The summed E-state index contributed by atoms with van der Waals surface area (Å²) in [7, 11) is 0. The number of ether oxygens (including phenoxy) is 2. The molecule has 0 spiro atoms. The number of benzene rings is 3. The highest BCUT2D eigenvalue weighted by Crippen LogP contribution is 2.36. The number of nitrogens with one attached hydrogen (secondary N) is 1. The molecule has 6 nitrogen and oxygen atoms in total. The molecular weight excluding hydrogens is 459 g/mol. The summed E-state index contributed by atoms with van der Waals surface area (Å²) in [6, 6.07) is 18.5. The second kappa shape index (κ2) is 9.86. The fraction of sp³-hybridized carbons (Fsp3) is 0.120. The Morgan fingerprint density at radius 3 is 2.58 bits per heavy atom. The number of aromatic nitrogens is 1. The number of pyridine rings is 1. The highest BCUT2D eigenvalue weighted by molar-refractivity contribution is 6.32. The first-order valence-electron chi connectivity index (χ1n) is 10.2. The van der Waals surface area contributed by atoms with Gasteiger partial charge in [0.1, 0.15) is 24.2 Å². The van der Waals surface area contributed by atoms with Crippen molar-refractivity contribution >= 4 is 51.2 Å². The van der Waals surface area contributed by atoms with Crippen LogP contribution in [0.4, 0.5) is 17.1 Å². The smallest absolute Gasteiger partial charge is 0.144 e. The third-order valence-electron chi connectivity index (χ3n) is 4.96. The summed E-state index contributed by atoms with van der Waals surface area (Å²) in [5, 5.41) is 14.6. The Morgan fingerprint density at radius 2 is 1.85 bits per heavy atom. The zero-order valence-corrected chi connectivity index (χ0v) is 19.2. The zero-order chi connectivity index (χ0) is 23.4. The van der Waals surface area contributed by atoms with Gasteiger partial charge in [-0.1, -0.05) is 41.4 Å². The molecule has 1 heterocycles. The summed E-state index contributed by atoms with van der Waals surface area (Å²) in [4.78, 5) is 4.38. The van der Waals surface area contributed by atoms with E-state index in [-0.39, 0.29) is 0 Å². The first-order chi connectivity index (χ1) is 16.0. The van der Waals surface area contributed by atoms with Crippen molar-refractivity contribution < 1.29 is 9.47 Å². The Morgan fingerprint density at radius 1 is 1.03 bits per heavy atom. The SMILES string of the molecule is CCOc1cc2ncc(C#N)c(Nc3ccc(OCc4ccccc4Cl)c(Cl)c3)c2cc1N. The van der Waals surface area contributed by atoms with Gasteiger partial charge in [0.15, 0.2) is 0 Å². The zero-order valence-electron chi connectivity index (χ0n) is 17.7. The molecule has 166 valence electrons. The lowest BCUT2D eigenvalue weighted by atomic mass is 10.1. The van der Waals surface area contributed by atoms with Gasteiger partial charge in [0.2, 0.25) is 0 Å². The first kappa shape index (κ1) is 22.5. The number of nitrogen functional groups attached to an aromatic ring is 1. The summed E-state index contributed by atoms with van der Waals surface area (Å²) in [5.74, 6) is 1.07. The summed E-state index contributed by atoms with van der Waals surface area (Å²) in [6.45, 7) is 2.66. The Kier molecular flexibility index (Phi) is 6.74. The van der Waals surface area contributed by atoms with Gasteiger partial charge in [-0.05, 0) is 37.3 Å². The van der Waals surface area contributed by atoms with Crippen molar-refractivity contribution in [2.45, 2.75) is 13.5 Å². The van der Waals surface area contributed by atoms with Crippen LogP contribution in [-0.2, 0) is 6.61 Å². The van der Waals surface area contributed by atoms with Crippen molar-refractivity contribution in [2.75, 3.05) is 17.7 Å². The number of rotatable bonds is 7. The van der Waals surface area contributed by atoms with Crippen LogP contribution in [0, 0.1) is 11.3 Å². The molecule has 0 atom stereocenters. The minimum Gasteiger partial charge on any atom is -0.492 e.